The van der Waals surface area contributed by atoms with Crippen LogP contribution in [0.15, 0.2) is 30.3 Å². The predicted molar refractivity (Wildman–Crippen MR) is 67.2 cm³/mol. The van der Waals surface area contributed by atoms with Crippen LogP contribution in [0.2, 0.25) is 0 Å². The topological polar surface area (TPSA) is 26.0 Å². The first-order chi connectivity index (χ1) is 7.70. The van der Waals surface area contributed by atoms with Gasteiger partial charge in [-0.2, -0.15) is 0 Å². The third-order valence-electron chi connectivity index (χ3n) is 3.00. The van der Waals surface area contributed by atoms with Gasteiger partial charge in [-0.1, -0.05) is 43.7 Å². The predicted octanol–water partition coefficient (Wildman–Crippen LogP) is 3.48. The van der Waals surface area contributed by atoms with Crippen LogP contribution in [-0.2, 0) is 6.42 Å². The minimum Gasteiger partial charge on any atom is -0.328 e. The number of aryl methyl sites for hydroxylation is 1. The highest BCUT2D eigenvalue weighted by atomic mass is 19.1. The van der Waals surface area contributed by atoms with Crippen molar-refractivity contribution in [1.29, 1.82) is 0 Å². The van der Waals surface area contributed by atoms with Gasteiger partial charge < -0.3 is 5.73 Å². The maximum Gasteiger partial charge on any atom is 0.123 e. The van der Waals surface area contributed by atoms with Crippen molar-refractivity contribution in [3.8, 4) is 0 Å². The molecule has 0 bridgehead atoms. The lowest BCUT2D eigenvalue weighted by molar-refractivity contribution is 0.142. The van der Waals surface area contributed by atoms with Crippen molar-refractivity contribution in [3.05, 3.63) is 35.9 Å². The lowest BCUT2D eigenvalue weighted by atomic mass is 9.92. The summed E-state index contributed by atoms with van der Waals surface area (Å²) in [7, 11) is 0. The molecule has 1 nitrogen and oxygen atoms in total. The number of nitrogens with two attached hydrogens (primary N) is 1. The molecular formula is C14H22FN. The van der Waals surface area contributed by atoms with E-state index in [1.165, 1.54) is 5.56 Å². The van der Waals surface area contributed by atoms with Gasteiger partial charge in [-0.3, -0.25) is 0 Å². The Bertz CT molecular complexity index is 286. The molecule has 2 heteroatoms. The van der Waals surface area contributed by atoms with Gasteiger partial charge in [-0.15, -0.1) is 0 Å². The van der Waals surface area contributed by atoms with Crippen LogP contribution in [0.1, 0.15) is 38.2 Å². The number of hydrogen-bond donors (Lipinski definition) is 1. The molecule has 0 spiro atoms. The summed E-state index contributed by atoms with van der Waals surface area (Å²) in [5.41, 5.74) is 5.62. The van der Waals surface area contributed by atoms with Crippen LogP contribution in [0, 0.1) is 0 Å². The monoisotopic (exact) mass is 223 g/mol. The van der Waals surface area contributed by atoms with Gasteiger partial charge in [0.1, 0.15) is 5.67 Å². The third-order valence-corrected chi connectivity index (χ3v) is 3.00. The summed E-state index contributed by atoms with van der Waals surface area (Å²) in [4.78, 5) is 0. The van der Waals surface area contributed by atoms with Crippen LogP contribution in [0.5, 0.6) is 0 Å². The summed E-state index contributed by atoms with van der Waals surface area (Å²) < 4.78 is 14.1. The molecule has 2 N–H and O–H groups in total. The molecule has 0 fully saturated rings. The van der Waals surface area contributed by atoms with Gasteiger partial charge in [0, 0.05) is 6.54 Å². The van der Waals surface area contributed by atoms with Crippen LogP contribution in [0.4, 0.5) is 4.39 Å². The molecule has 16 heavy (non-hydrogen) atoms. The molecule has 0 saturated carbocycles. The summed E-state index contributed by atoms with van der Waals surface area (Å²) in [5.74, 6) is 0. The molecule has 0 amide bonds. The Morgan fingerprint density at radius 2 is 1.88 bits per heavy atom. The van der Waals surface area contributed by atoms with E-state index in [9.17, 15) is 4.39 Å². The van der Waals surface area contributed by atoms with Crippen molar-refractivity contribution in [2.24, 2.45) is 5.73 Å². The lowest BCUT2D eigenvalue weighted by Crippen LogP contribution is -2.32. The van der Waals surface area contributed by atoms with Crippen molar-refractivity contribution in [2.45, 2.75) is 44.7 Å². The van der Waals surface area contributed by atoms with E-state index >= 15 is 0 Å². The van der Waals surface area contributed by atoms with Gasteiger partial charge in [0.15, 0.2) is 0 Å². The Hall–Kier alpha value is -0.890. The standard InChI is InChI=1S/C14H22FN/c1-2-10-14(15,12-16)11-6-9-13-7-4-3-5-8-13/h3-5,7-8H,2,6,9-12,16H2,1H3. The van der Waals surface area contributed by atoms with Crippen molar-refractivity contribution < 1.29 is 4.39 Å². The fourth-order valence-electron chi connectivity index (χ4n) is 2.03. The van der Waals surface area contributed by atoms with Crippen LogP contribution >= 0.6 is 0 Å². The van der Waals surface area contributed by atoms with Crippen LogP contribution < -0.4 is 5.73 Å². The zero-order valence-corrected chi connectivity index (χ0v) is 10.1. The molecule has 0 saturated heterocycles. The maximum absolute atomic E-state index is 14.1. The molecule has 0 heterocycles. The molecule has 0 aliphatic carbocycles. The van der Waals surface area contributed by atoms with E-state index in [2.05, 4.69) is 12.1 Å². The second-order valence-corrected chi connectivity index (χ2v) is 4.44. The summed E-state index contributed by atoms with van der Waals surface area (Å²) >= 11 is 0. The molecule has 0 aromatic heterocycles. The quantitative estimate of drug-likeness (QED) is 0.752. The molecule has 1 aromatic rings. The number of hydrogen-bond acceptors (Lipinski definition) is 1. The smallest absolute Gasteiger partial charge is 0.123 e. The van der Waals surface area contributed by atoms with Crippen molar-refractivity contribution in [3.63, 3.8) is 0 Å². The maximum atomic E-state index is 14.1. The summed E-state index contributed by atoms with van der Waals surface area (Å²) in [6.07, 6.45) is 3.83. The summed E-state index contributed by atoms with van der Waals surface area (Å²) in [6, 6.07) is 10.2. The fraction of sp³-hybridized carbons (Fsp3) is 0.571. The van der Waals surface area contributed by atoms with Gasteiger partial charge in [0.05, 0.1) is 0 Å². The van der Waals surface area contributed by atoms with Crippen LogP contribution in [0.25, 0.3) is 0 Å². The van der Waals surface area contributed by atoms with Crippen LogP contribution in [0.3, 0.4) is 0 Å². The van der Waals surface area contributed by atoms with Gasteiger partial charge in [-0.25, -0.2) is 4.39 Å². The van der Waals surface area contributed by atoms with Crippen molar-refractivity contribution in [1.82, 2.24) is 0 Å². The summed E-state index contributed by atoms with van der Waals surface area (Å²) in [6.45, 7) is 2.15. The van der Waals surface area contributed by atoms with E-state index in [-0.39, 0.29) is 6.54 Å². The Kier molecular flexibility index (Phi) is 5.47. The minimum absolute atomic E-state index is 0.148. The molecule has 1 rings (SSSR count). The molecule has 1 unspecified atom stereocenters. The zero-order chi connectivity index (χ0) is 11.9. The fourth-order valence-corrected chi connectivity index (χ4v) is 2.03. The Morgan fingerprint density at radius 3 is 2.44 bits per heavy atom. The van der Waals surface area contributed by atoms with E-state index in [1.807, 2.05) is 25.1 Å². The second-order valence-electron chi connectivity index (χ2n) is 4.44. The Morgan fingerprint density at radius 1 is 1.19 bits per heavy atom. The zero-order valence-electron chi connectivity index (χ0n) is 10.1. The largest absolute Gasteiger partial charge is 0.328 e. The molecule has 1 atom stereocenters. The number of rotatable bonds is 7. The van der Waals surface area contributed by atoms with Gasteiger partial charge in [0.25, 0.3) is 0 Å². The Labute approximate surface area is 97.9 Å². The third kappa shape index (κ3) is 4.31. The van der Waals surface area contributed by atoms with E-state index in [0.29, 0.717) is 12.8 Å². The highest BCUT2D eigenvalue weighted by molar-refractivity contribution is 5.14. The normalized spacial score (nSPS) is 14.7. The Balaban J connectivity index is 2.34. The van der Waals surface area contributed by atoms with E-state index < -0.39 is 5.67 Å². The first-order valence-corrected chi connectivity index (χ1v) is 6.13. The van der Waals surface area contributed by atoms with Crippen molar-refractivity contribution >= 4 is 0 Å². The van der Waals surface area contributed by atoms with Crippen LogP contribution in [-0.4, -0.2) is 12.2 Å². The van der Waals surface area contributed by atoms with E-state index in [0.717, 1.165) is 19.3 Å². The average Bonchev–Trinajstić information content (AvgIpc) is 2.31. The number of benzene rings is 1. The molecule has 0 radical (unpaired) electrons. The van der Waals surface area contributed by atoms with Gasteiger partial charge >= 0.3 is 0 Å². The molecular weight excluding hydrogens is 201 g/mol. The SMILES string of the molecule is CCCC(F)(CN)CCCc1ccccc1. The highest BCUT2D eigenvalue weighted by Gasteiger charge is 2.25. The minimum atomic E-state index is -1.15. The highest BCUT2D eigenvalue weighted by Crippen LogP contribution is 2.24. The lowest BCUT2D eigenvalue weighted by Gasteiger charge is -2.22. The van der Waals surface area contributed by atoms with E-state index in [4.69, 9.17) is 5.73 Å². The molecule has 0 aliphatic heterocycles. The average molecular weight is 223 g/mol. The van der Waals surface area contributed by atoms with Gasteiger partial charge in [-0.05, 0) is 31.2 Å². The van der Waals surface area contributed by atoms with Crippen molar-refractivity contribution in [2.75, 3.05) is 6.54 Å². The van der Waals surface area contributed by atoms with E-state index in [1.54, 1.807) is 0 Å². The van der Waals surface area contributed by atoms with Gasteiger partial charge in [0.2, 0.25) is 0 Å². The summed E-state index contributed by atoms with van der Waals surface area (Å²) in [5, 5.41) is 0. The second kappa shape index (κ2) is 6.64. The molecule has 1 aromatic carbocycles. The number of halogens is 1. The molecule has 0 aliphatic rings. The first-order valence-electron chi connectivity index (χ1n) is 6.13. The first kappa shape index (κ1) is 13.2. The molecule has 90 valence electrons. The number of alkyl halides is 1.